The Morgan fingerprint density at radius 2 is 1.88 bits per heavy atom. The van der Waals surface area contributed by atoms with Crippen molar-refractivity contribution in [2.75, 3.05) is 6.54 Å². The smallest absolute Gasteiger partial charge is 0.216 e. The zero-order valence-corrected chi connectivity index (χ0v) is 13.5. The van der Waals surface area contributed by atoms with Crippen LogP contribution in [0.1, 0.15) is 25.8 Å². The lowest BCUT2D eigenvalue weighted by Gasteiger charge is -2.24. The predicted octanol–water partition coefficient (Wildman–Crippen LogP) is 3.49. The van der Waals surface area contributed by atoms with Gasteiger partial charge in [-0.1, -0.05) is 12.1 Å². The predicted molar refractivity (Wildman–Crippen MR) is 85.7 cm³/mol. The minimum atomic E-state index is -1.12. The van der Waals surface area contributed by atoms with Gasteiger partial charge in [-0.25, -0.2) is 8.78 Å². The van der Waals surface area contributed by atoms with Gasteiger partial charge in [0.15, 0.2) is 11.6 Å². The molecule has 0 radical (unpaired) electrons. The number of aliphatic hydroxyl groups is 1. The molecule has 1 unspecified atom stereocenters. The number of hydrogen-bond acceptors (Lipinski definition) is 3. The number of carbonyl (C=O) groups is 1. The molecule has 0 saturated heterocycles. The van der Waals surface area contributed by atoms with Gasteiger partial charge in [-0.3, -0.25) is 4.79 Å². The van der Waals surface area contributed by atoms with E-state index in [1.54, 1.807) is 31.2 Å². The summed E-state index contributed by atoms with van der Waals surface area (Å²) < 4.78 is 31.8. The van der Waals surface area contributed by atoms with Crippen molar-refractivity contribution < 1.29 is 23.4 Å². The number of halogens is 2. The number of amides is 1. The van der Waals surface area contributed by atoms with Crippen molar-refractivity contribution in [1.82, 2.24) is 5.32 Å². The number of rotatable bonds is 6. The van der Waals surface area contributed by atoms with Crippen molar-refractivity contribution in [3.8, 4) is 11.5 Å². The monoisotopic (exact) mass is 335 g/mol. The van der Waals surface area contributed by atoms with E-state index in [4.69, 9.17) is 4.74 Å². The second-order valence-corrected chi connectivity index (χ2v) is 5.71. The van der Waals surface area contributed by atoms with E-state index >= 15 is 0 Å². The Morgan fingerprint density at radius 1 is 1.21 bits per heavy atom. The van der Waals surface area contributed by atoms with Crippen molar-refractivity contribution in [2.24, 2.45) is 0 Å². The molecule has 0 heterocycles. The van der Waals surface area contributed by atoms with E-state index in [1.165, 1.54) is 13.0 Å². The van der Waals surface area contributed by atoms with Crippen LogP contribution in [0.15, 0.2) is 42.5 Å². The van der Waals surface area contributed by atoms with E-state index in [2.05, 4.69) is 5.32 Å². The Kier molecular flexibility index (Phi) is 5.51. The Hall–Kier alpha value is -2.47. The first-order valence-corrected chi connectivity index (χ1v) is 7.48. The molecule has 2 aromatic carbocycles. The first-order valence-electron chi connectivity index (χ1n) is 7.48. The maximum absolute atomic E-state index is 13.6. The summed E-state index contributed by atoms with van der Waals surface area (Å²) in [5.41, 5.74) is -0.484. The third-order valence-electron chi connectivity index (χ3n) is 3.58. The van der Waals surface area contributed by atoms with E-state index in [0.717, 1.165) is 12.1 Å². The van der Waals surface area contributed by atoms with Crippen LogP contribution in [0.25, 0.3) is 0 Å². The molecular formula is C18H19F2NO3. The highest BCUT2D eigenvalue weighted by Crippen LogP contribution is 2.29. The summed E-state index contributed by atoms with van der Waals surface area (Å²) >= 11 is 0. The van der Waals surface area contributed by atoms with E-state index in [9.17, 15) is 18.7 Å². The number of hydrogen-bond donors (Lipinski definition) is 2. The third kappa shape index (κ3) is 4.76. The van der Waals surface area contributed by atoms with Crippen LogP contribution in [-0.2, 0) is 10.4 Å². The van der Waals surface area contributed by atoms with Crippen LogP contribution in [0.5, 0.6) is 11.5 Å². The van der Waals surface area contributed by atoms with Crippen LogP contribution in [-0.4, -0.2) is 17.6 Å². The maximum atomic E-state index is 13.6. The average Bonchev–Trinajstić information content (AvgIpc) is 2.50. The van der Waals surface area contributed by atoms with Crippen molar-refractivity contribution in [1.29, 1.82) is 0 Å². The van der Waals surface area contributed by atoms with E-state index in [1.807, 2.05) is 0 Å². The number of carbonyl (C=O) groups excluding carboxylic acids is 1. The maximum Gasteiger partial charge on any atom is 0.216 e. The molecular weight excluding hydrogens is 316 g/mol. The van der Waals surface area contributed by atoms with E-state index in [0.29, 0.717) is 24.3 Å². The number of nitrogens with one attached hydrogen (secondary N) is 1. The normalized spacial score (nSPS) is 13.2. The summed E-state index contributed by atoms with van der Waals surface area (Å²) in [4.78, 5) is 10.9. The Morgan fingerprint density at radius 3 is 2.46 bits per heavy atom. The largest absolute Gasteiger partial charge is 0.454 e. The molecule has 2 rings (SSSR count). The molecule has 0 aliphatic heterocycles. The molecule has 2 N–H and O–H groups in total. The lowest BCUT2D eigenvalue weighted by molar-refractivity contribution is -0.119. The molecule has 1 atom stereocenters. The van der Waals surface area contributed by atoms with Gasteiger partial charge >= 0.3 is 0 Å². The quantitative estimate of drug-likeness (QED) is 0.849. The van der Waals surface area contributed by atoms with Crippen LogP contribution < -0.4 is 10.1 Å². The molecule has 2 aromatic rings. The Bertz CT molecular complexity index is 715. The van der Waals surface area contributed by atoms with Gasteiger partial charge < -0.3 is 15.2 Å². The lowest BCUT2D eigenvalue weighted by atomic mass is 9.92. The fourth-order valence-electron chi connectivity index (χ4n) is 2.19. The second-order valence-electron chi connectivity index (χ2n) is 5.71. The minimum Gasteiger partial charge on any atom is -0.454 e. The van der Waals surface area contributed by atoms with Gasteiger partial charge in [-0.15, -0.1) is 0 Å². The molecule has 1 amide bonds. The second kappa shape index (κ2) is 7.40. The van der Waals surface area contributed by atoms with Crippen LogP contribution in [0.4, 0.5) is 8.78 Å². The number of ether oxygens (including phenoxy) is 1. The molecule has 128 valence electrons. The fourth-order valence-corrected chi connectivity index (χ4v) is 2.19. The van der Waals surface area contributed by atoms with Gasteiger partial charge in [0.2, 0.25) is 5.91 Å². The van der Waals surface area contributed by atoms with Crippen molar-refractivity contribution in [2.45, 2.75) is 25.9 Å². The van der Waals surface area contributed by atoms with Crippen LogP contribution in [0, 0.1) is 11.6 Å². The fraction of sp³-hybridized carbons (Fsp3) is 0.278. The van der Waals surface area contributed by atoms with Crippen molar-refractivity contribution in [3.63, 3.8) is 0 Å². The molecule has 0 saturated carbocycles. The first kappa shape index (κ1) is 17.9. The van der Waals surface area contributed by atoms with Crippen LogP contribution >= 0.6 is 0 Å². The zero-order valence-electron chi connectivity index (χ0n) is 13.5. The van der Waals surface area contributed by atoms with Gasteiger partial charge in [-0.05, 0) is 43.2 Å². The van der Waals surface area contributed by atoms with Gasteiger partial charge in [0.1, 0.15) is 11.6 Å². The van der Waals surface area contributed by atoms with E-state index in [-0.39, 0.29) is 11.7 Å². The van der Waals surface area contributed by atoms with E-state index < -0.39 is 17.2 Å². The highest BCUT2D eigenvalue weighted by Gasteiger charge is 2.22. The lowest BCUT2D eigenvalue weighted by Crippen LogP contribution is -2.29. The standard InChI is InChI=1S/C18H19F2NO3/c1-12(22)21-10-9-18(2,23)13-3-6-15(7-4-13)24-17-8-5-14(19)11-16(17)20/h3-8,11,23H,9-10H2,1-2H3,(H,21,22). The highest BCUT2D eigenvalue weighted by atomic mass is 19.1. The molecule has 0 aliphatic rings. The minimum absolute atomic E-state index is 0.0819. The van der Waals surface area contributed by atoms with Crippen molar-refractivity contribution >= 4 is 5.91 Å². The summed E-state index contributed by atoms with van der Waals surface area (Å²) in [5.74, 6) is -1.34. The summed E-state index contributed by atoms with van der Waals surface area (Å²) in [6.07, 6.45) is 0.347. The third-order valence-corrected chi connectivity index (χ3v) is 3.58. The Balaban J connectivity index is 2.05. The number of benzene rings is 2. The van der Waals surface area contributed by atoms with Gasteiger partial charge in [0.05, 0.1) is 5.60 Å². The molecule has 6 heteroatoms. The first-order chi connectivity index (χ1) is 11.3. The van der Waals surface area contributed by atoms with Gasteiger partial charge in [-0.2, -0.15) is 0 Å². The highest BCUT2D eigenvalue weighted by molar-refractivity contribution is 5.72. The molecule has 24 heavy (non-hydrogen) atoms. The summed E-state index contributed by atoms with van der Waals surface area (Å²) in [5, 5.41) is 13.1. The molecule has 0 aromatic heterocycles. The molecule has 0 fully saturated rings. The summed E-state index contributed by atoms with van der Waals surface area (Å²) in [7, 11) is 0. The molecule has 0 bridgehead atoms. The molecule has 0 spiro atoms. The zero-order chi connectivity index (χ0) is 17.7. The van der Waals surface area contributed by atoms with Gasteiger partial charge in [0, 0.05) is 19.5 Å². The molecule has 4 nitrogen and oxygen atoms in total. The SMILES string of the molecule is CC(=O)NCCC(C)(O)c1ccc(Oc2ccc(F)cc2F)cc1. The van der Waals surface area contributed by atoms with Crippen LogP contribution in [0.3, 0.4) is 0 Å². The van der Waals surface area contributed by atoms with Crippen LogP contribution in [0.2, 0.25) is 0 Å². The summed E-state index contributed by atoms with van der Waals surface area (Å²) in [6, 6.07) is 9.56. The average molecular weight is 335 g/mol. The Labute approximate surface area is 139 Å². The molecule has 0 aliphatic carbocycles. The van der Waals surface area contributed by atoms with Crippen molar-refractivity contribution in [3.05, 3.63) is 59.7 Å². The van der Waals surface area contributed by atoms with Gasteiger partial charge in [0.25, 0.3) is 0 Å². The summed E-state index contributed by atoms with van der Waals surface area (Å²) in [6.45, 7) is 3.40. The topological polar surface area (TPSA) is 58.6 Å².